The van der Waals surface area contributed by atoms with Crippen LogP contribution in [0.5, 0.6) is 5.75 Å². The zero-order valence-electron chi connectivity index (χ0n) is 18.4. The second-order valence-electron chi connectivity index (χ2n) is 8.12. The van der Waals surface area contributed by atoms with Gasteiger partial charge < -0.3 is 31.3 Å². The molecule has 0 aliphatic heterocycles. The summed E-state index contributed by atoms with van der Waals surface area (Å²) in [7, 11) is 0. The van der Waals surface area contributed by atoms with Crippen molar-refractivity contribution < 1.29 is 29.3 Å². The molecule has 0 saturated heterocycles. The van der Waals surface area contributed by atoms with Crippen molar-refractivity contribution in [1.82, 2.24) is 10.6 Å². The zero-order valence-corrected chi connectivity index (χ0v) is 19.1. The number of carbonyl (C=O) groups is 3. The Kier molecular flexibility index (Phi) is 10.2. The average Bonchev–Trinajstić information content (AvgIpc) is 2.66. The number of rotatable bonds is 11. The first-order valence-electron chi connectivity index (χ1n) is 10.0. The van der Waals surface area contributed by atoms with Gasteiger partial charge in [-0.1, -0.05) is 39.3 Å². The number of amides is 2. The number of hydrogen-bond acceptors (Lipinski definition) is 6. The van der Waals surface area contributed by atoms with Gasteiger partial charge in [0.05, 0.1) is 11.7 Å². The van der Waals surface area contributed by atoms with Gasteiger partial charge in [-0.2, -0.15) is 0 Å². The number of aliphatic carboxylic acids is 1. The summed E-state index contributed by atoms with van der Waals surface area (Å²) in [6.07, 6.45) is -1.31. The topological polar surface area (TPSA) is 151 Å². The third-order valence-corrected chi connectivity index (χ3v) is 4.99. The Morgan fingerprint density at radius 1 is 1.06 bits per heavy atom. The summed E-state index contributed by atoms with van der Waals surface area (Å²) in [5.74, 6) is -2.68. The van der Waals surface area contributed by atoms with Crippen LogP contribution >= 0.6 is 11.6 Å². The van der Waals surface area contributed by atoms with E-state index in [0.29, 0.717) is 5.02 Å². The maximum absolute atomic E-state index is 12.9. The van der Waals surface area contributed by atoms with E-state index in [-0.39, 0.29) is 35.8 Å². The Balaban J connectivity index is 3.05. The molecule has 0 heterocycles. The highest BCUT2D eigenvalue weighted by atomic mass is 35.5. The molecule has 0 radical (unpaired) electrons. The van der Waals surface area contributed by atoms with Crippen LogP contribution in [0.3, 0.4) is 0 Å². The average molecular weight is 458 g/mol. The van der Waals surface area contributed by atoms with Crippen molar-refractivity contribution >= 4 is 29.4 Å². The molecule has 0 aromatic heterocycles. The van der Waals surface area contributed by atoms with Crippen molar-refractivity contribution in [3.63, 3.8) is 0 Å². The van der Waals surface area contributed by atoms with Gasteiger partial charge in [-0.3, -0.25) is 9.59 Å². The molecule has 1 aromatic carbocycles. The minimum absolute atomic E-state index is 0.157. The number of aliphatic hydroxyl groups is 1. The van der Waals surface area contributed by atoms with Crippen LogP contribution < -0.4 is 21.1 Å². The van der Waals surface area contributed by atoms with Crippen LogP contribution in [0.4, 0.5) is 0 Å². The van der Waals surface area contributed by atoms with E-state index in [1.165, 1.54) is 25.1 Å². The number of benzene rings is 1. The number of carbonyl (C=O) groups excluding carboxylic acids is 2. The minimum Gasteiger partial charge on any atom is -0.491 e. The number of ether oxygens (including phenoxy) is 1. The van der Waals surface area contributed by atoms with Crippen molar-refractivity contribution in [2.75, 3.05) is 6.61 Å². The first-order valence-corrected chi connectivity index (χ1v) is 10.4. The highest BCUT2D eigenvalue weighted by Gasteiger charge is 2.31. The highest BCUT2D eigenvalue weighted by Crippen LogP contribution is 2.24. The number of halogens is 1. The summed E-state index contributed by atoms with van der Waals surface area (Å²) in [6.45, 7) is 8.71. The van der Waals surface area contributed by atoms with Gasteiger partial charge in [-0.15, -0.1) is 0 Å². The van der Waals surface area contributed by atoms with Gasteiger partial charge in [-0.25, -0.2) is 4.79 Å². The second kappa shape index (κ2) is 11.9. The van der Waals surface area contributed by atoms with Crippen LogP contribution in [0.2, 0.25) is 5.02 Å². The maximum atomic E-state index is 12.9. The van der Waals surface area contributed by atoms with Gasteiger partial charge >= 0.3 is 5.97 Å². The van der Waals surface area contributed by atoms with Crippen LogP contribution in [0.1, 0.15) is 45.0 Å². The van der Waals surface area contributed by atoms with Gasteiger partial charge in [0.1, 0.15) is 18.4 Å². The molecule has 2 amide bonds. The molecular weight excluding hydrogens is 426 g/mol. The van der Waals surface area contributed by atoms with Crippen LogP contribution in [0.15, 0.2) is 18.2 Å². The third kappa shape index (κ3) is 8.01. The van der Waals surface area contributed by atoms with Gasteiger partial charge in [-0.05, 0) is 37.0 Å². The molecule has 10 heteroatoms. The predicted octanol–water partition coefficient (Wildman–Crippen LogP) is 1.41. The molecule has 0 spiro atoms. The van der Waals surface area contributed by atoms with E-state index >= 15 is 0 Å². The van der Waals surface area contributed by atoms with Gasteiger partial charge in [0, 0.05) is 11.1 Å². The van der Waals surface area contributed by atoms with Crippen LogP contribution in [-0.4, -0.2) is 58.8 Å². The Labute approximate surface area is 187 Å². The summed E-state index contributed by atoms with van der Waals surface area (Å²) < 4.78 is 5.71. The monoisotopic (exact) mass is 457 g/mol. The van der Waals surface area contributed by atoms with Crippen LogP contribution in [-0.2, 0) is 9.59 Å². The standard InChI is InChI=1S/C21H32ClN3O6/c1-10(2)15(23)9-31-16-8-13(22)6-7-14(16)19(27)24-17(11(3)4)20(28)25-18(12(5)26)21(29)30/h6-8,10-12,15,17-18,26H,9,23H2,1-5H3,(H,24,27)(H,25,28)(H,29,30)/t12-,15-,17+,18+/m1/s1. The van der Waals surface area contributed by atoms with E-state index in [1.807, 2.05) is 13.8 Å². The number of aliphatic hydroxyl groups excluding tert-OH is 1. The molecule has 0 fully saturated rings. The first kappa shape index (κ1) is 26.7. The van der Waals surface area contributed by atoms with Crippen molar-refractivity contribution in [3.05, 3.63) is 28.8 Å². The normalized spacial score (nSPS) is 15.2. The number of hydrogen-bond donors (Lipinski definition) is 5. The van der Waals surface area contributed by atoms with Crippen molar-refractivity contribution in [1.29, 1.82) is 0 Å². The summed E-state index contributed by atoms with van der Waals surface area (Å²) in [4.78, 5) is 36.8. The quantitative estimate of drug-likeness (QED) is 0.337. The summed E-state index contributed by atoms with van der Waals surface area (Å²) in [5, 5.41) is 24.0. The molecule has 1 aromatic rings. The fraction of sp³-hybridized carbons (Fsp3) is 0.571. The predicted molar refractivity (Wildman–Crippen MR) is 117 cm³/mol. The third-order valence-electron chi connectivity index (χ3n) is 4.76. The van der Waals surface area contributed by atoms with Crippen molar-refractivity contribution in [2.45, 2.75) is 58.8 Å². The number of nitrogens with two attached hydrogens (primary N) is 1. The van der Waals surface area contributed by atoms with Crippen LogP contribution in [0.25, 0.3) is 0 Å². The molecule has 9 nitrogen and oxygen atoms in total. The van der Waals surface area contributed by atoms with E-state index in [4.69, 9.17) is 22.1 Å². The Bertz CT molecular complexity index is 784. The van der Waals surface area contributed by atoms with E-state index < -0.39 is 36.0 Å². The second-order valence-corrected chi connectivity index (χ2v) is 8.56. The first-order chi connectivity index (χ1) is 14.3. The van der Waals surface area contributed by atoms with Crippen molar-refractivity contribution in [3.8, 4) is 5.75 Å². The molecule has 0 saturated carbocycles. The minimum atomic E-state index is -1.50. The van der Waals surface area contributed by atoms with E-state index in [2.05, 4.69) is 10.6 Å². The largest absolute Gasteiger partial charge is 0.491 e. The summed E-state index contributed by atoms with van der Waals surface area (Å²) >= 11 is 6.04. The van der Waals surface area contributed by atoms with Gasteiger partial charge in [0.2, 0.25) is 5.91 Å². The number of nitrogens with one attached hydrogen (secondary N) is 2. The molecule has 0 aliphatic rings. The molecule has 0 bridgehead atoms. The highest BCUT2D eigenvalue weighted by molar-refractivity contribution is 6.30. The van der Waals surface area contributed by atoms with Crippen LogP contribution in [0, 0.1) is 11.8 Å². The Hall–Kier alpha value is -2.36. The summed E-state index contributed by atoms with van der Waals surface area (Å²) in [6, 6.07) is 1.68. The lowest BCUT2D eigenvalue weighted by atomic mass is 10.0. The van der Waals surface area contributed by atoms with Gasteiger partial charge in [0.15, 0.2) is 6.04 Å². The van der Waals surface area contributed by atoms with E-state index in [1.54, 1.807) is 13.8 Å². The molecule has 6 N–H and O–H groups in total. The lowest BCUT2D eigenvalue weighted by Gasteiger charge is -2.25. The fourth-order valence-corrected chi connectivity index (χ4v) is 2.73. The molecule has 174 valence electrons. The molecular formula is C21H32ClN3O6. The lowest BCUT2D eigenvalue weighted by molar-refractivity contribution is -0.145. The molecule has 0 aliphatic carbocycles. The molecule has 1 rings (SSSR count). The number of carboxylic acids is 1. The maximum Gasteiger partial charge on any atom is 0.328 e. The van der Waals surface area contributed by atoms with Crippen molar-refractivity contribution in [2.24, 2.45) is 17.6 Å². The zero-order chi connectivity index (χ0) is 23.9. The Morgan fingerprint density at radius 3 is 2.16 bits per heavy atom. The molecule has 31 heavy (non-hydrogen) atoms. The summed E-state index contributed by atoms with van der Waals surface area (Å²) in [5.41, 5.74) is 6.16. The van der Waals surface area contributed by atoms with E-state index in [9.17, 15) is 24.6 Å². The SMILES string of the molecule is CC(C)[C@H](N)COc1cc(Cl)ccc1C(=O)N[C@H](C(=O)N[C@H](C(=O)O)[C@@H](C)O)C(C)C. The fourth-order valence-electron chi connectivity index (χ4n) is 2.57. The molecule has 4 atom stereocenters. The smallest absolute Gasteiger partial charge is 0.328 e. The van der Waals surface area contributed by atoms with E-state index in [0.717, 1.165) is 0 Å². The molecule has 0 unspecified atom stereocenters. The number of carboxylic acid groups (broad SMARTS) is 1. The lowest BCUT2D eigenvalue weighted by Crippen LogP contribution is -2.56. The van der Waals surface area contributed by atoms with Gasteiger partial charge in [0.25, 0.3) is 5.91 Å². The Morgan fingerprint density at radius 2 is 1.68 bits per heavy atom.